The number of aryl methyl sites for hydroxylation is 1. The minimum atomic E-state index is -4.48. The first kappa shape index (κ1) is 22.3. The Kier molecular flexibility index (Phi) is 6.04. The SMILES string of the molecule is Cc1cnc2ccc(C(=O)N(Cc3ccc(C(F)(F)F)cn3)[C@H](C)c3ncccn3)cc2c1. The van der Waals surface area contributed by atoms with Crippen LogP contribution < -0.4 is 0 Å². The zero-order valence-corrected chi connectivity index (χ0v) is 17.9. The summed E-state index contributed by atoms with van der Waals surface area (Å²) in [7, 11) is 0. The molecule has 1 atom stereocenters. The van der Waals surface area contributed by atoms with Crippen LogP contribution in [-0.2, 0) is 12.7 Å². The molecule has 1 aromatic carbocycles. The third kappa shape index (κ3) is 4.97. The van der Waals surface area contributed by atoms with E-state index in [1.165, 1.54) is 11.0 Å². The monoisotopic (exact) mass is 451 g/mol. The van der Waals surface area contributed by atoms with Crippen molar-refractivity contribution in [1.82, 2.24) is 24.8 Å². The van der Waals surface area contributed by atoms with Gasteiger partial charge < -0.3 is 4.90 Å². The molecule has 3 heterocycles. The number of nitrogens with zero attached hydrogens (tertiary/aromatic N) is 5. The summed E-state index contributed by atoms with van der Waals surface area (Å²) in [6.07, 6.45) is 1.18. The first-order chi connectivity index (χ1) is 15.7. The molecule has 0 aliphatic heterocycles. The maximum atomic E-state index is 13.6. The Bertz CT molecular complexity index is 1280. The molecule has 0 unspecified atom stereocenters. The van der Waals surface area contributed by atoms with Gasteiger partial charge in [-0.05, 0) is 61.9 Å². The van der Waals surface area contributed by atoms with E-state index in [4.69, 9.17) is 0 Å². The van der Waals surface area contributed by atoms with Crippen molar-refractivity contribution in [3.63, 3.8) is 0 Å². The highest BCUT2D eigenvalue weighted by molar-refractivity contribution is 5.98. The van der Waals surface area contributed by atoms with Crippen LogP contribution in [-0.4, -0.2) is 30.7 Å². The molecule has 33 heavy (non-hydrogen) atoms. The summed E-state index contributed by atoms with van der Waals surface area (Å²) < 4.78 is 38.7. The number of fused-ring (bicyclic) bond motifs is 1. The predicted octanol–water partition coefficient (Wildman–Crippen LogP) is 5.15. The lowest BCUT2D eigenvalue weighted by atomic mass is 10.1. The highest BCUT2D eigenvalue weighted by Gasteiger charge is 2.31. The number of alkyl halides is 3. The van der Waals surface area contributed by atoms with Gasteiger partial charge in [-0.1, -0.05) is 0 Å². The second kappa shape index (κ2) is 8.93. The number of carbonyl (C=O) groups excluding carboxylic acids is 1. The Morgan fingerprint density at radius 3 is 2.42 bits per heavy atom. The summed E-state index contributed by atoms with van der Waals surface area (Å²) in [6.45, 7) is 3.67. The van der Waals surface area contributed by atoms with Crippen LogP contribution >= 0.6 is 0 Å². The molecular formula is C24H20F3N5O. The van der Waals surface area contributed by atoms with Crippen LogP contribution in [0.5, 0.6) is 0 Å². The van der Waals surface area contributed by atoms with Gasteiger partial charge in [0.15, 0.2) is 0 Å². The molecule has 4 rings (SSSR count). The van der Waals surface area contributed by atoms with Crippen molar-refractivity contribution >= 4 is 16.8 Å². The van der Waals surface area contributed by atoms with Gasteiger partial charge in [-0.2, -0.15) is 13.2 Å². The molecule has 0 bridgehead atoms. The maximum Gasteiger partial charge on any atom is 0.417 e. The number of aromatic nitrogens is 4. The van der Waals surface area contributed by atoms with Gasteiger partial charge in [0.1, 0.15) is 5.82 Å². The van der Waals surface area contributed by atoms with Crippen molar-refractivity contribution in [3.05, 3.63) is 95.5 Å². The summed E-state index contributed by atoms with van der Waals surface area (Å²) in [6, 6.07) is 10.5. The van der Waals surface area contributed by atoms with Crippen molar-refractivity contribution < 1.29 is 18.0 Å². The Hall–Kier alpha value is -3.88. The number of pyridine rings is 2. The minimum Gasteiger partial charge on any atom is -0.323 e. The molecule has 4 aromatic rings. The van der Waals surface area contributed by atoms with Gasteiger partial charge in [0.05, 0.1) is 29.4 Å². The van der Waals surface area contributed by atoms with E-state index in [1.807, 2.05) is 13.0 Å². The summed E-state index contributed by atoms with van der Waals surface area (Å²) >= 11 is 0. The third-order valence-electron chi connectivity index (χ3n) is 5.24. The fourth-order valence-electron chi connectivity index (χ4n) is 3.45. The van der Waals surface area contributed by atoms with E-state index in [1.54, 1.807) is 49.8 Å². The fourth-order valence-corrected chi connectivity index (χ4v) is 3.45. The van der Waals surface area contributed by atoms with Gasteiger partial charge in [-0.25, -0.2) is 9.97 Å². The molecule has 6 nitrogen and oxygen atoms in total. The highest BCUT2D eigenvalue weighted by atomic mass is 19.4. The predicted molar refractivity (Wildman–Crippen MR) is 116 cm³/mol. The molecule has 0 aliphatic carbocycles. The average Bonchev–Trinajstić information content (AvgIpc) is 2.81. The molecule has 0 N–H and O–H groups in total. The zero-order valence-electron chi connectivity index (χ0n) is 17.9. The number of hydrogen-bond donors (Lipinski definition) is 0. The quantitative estimate of drug-likeness (QED) is 0.420. The van der Waals surface area contributed by atoms with Crippen LogP contribution in [0.15, 0.2) is 67.3 Å². The van der Waals surface area contributed by atoms with Gasteiger partial charge in [-0.3, -0.25) is 14.8 Å². The minimum absolute atomic E-state index is 0.0134. The number of halogens is 3. The topological polar surface area (TPSA) is 71.9 Å². The number of carbonyl (C=O) groups is 1. The van der Waals surface area contributed by atoms with Crippen LogP contribution in [0.2, 0.25) is 0 Å². The first-order valence-electron chi connectivity index (χ1n) is 10.2. The summed E-state index contributed by atoms with van der Waals surface area (Å²) in [5, 5.41) is 0.817. The van der Waals surface area contributed by atoms with Crippen molar-refractivity contribution in [2.24, 2.45) is 0 Å². The number of benzene rings is 1. The molecule has 1 amide bonds. The normalized spacial score (nSPS) is 12.5. The Labute approximate surface area is 188 Å². The second-order valence-corrected chi connectivity index (χ2v) is 7.67. The molecule has 0 aliphatic rings. The molecule has 3 aromatic heterocycles. The van der Waals surface area contributed by atoms with Crippen molar-refractivity contribution in [2.45, 2.75) is 32.6 Å². The van der Waals surface area contributed by atoms with Crippen LogP contribution in [0.1, 0.15) is 46.0 Å². The fraction of sp³-hybridized carbons (Fsp3) is 0.208. The number of amides is 1. The largest absolute Gasteiger partial charge is 0.417 e. The van der Waals surface area contributed by atoms with Gasteiger partial charge in [0, 0.05) is 35.7 Å². The lowest BCUT2D eigenvalue weighted by Gasteiger charge is -2.28. The van der Waals surface area contributed by atoms with E-state index in [9.17, 15) is 18.0 Å². The molecule has 0 fully saturated rings. The van der Waals surface area contributed by atoms with Crippen molar-refractivity contribution in [3.8, 4) is 0 Å². The van der Waals surface area contributed by atoms with Crippen LogP contribution in [0.4, 0.5) is 13.2 Å². The lowest BCUT2D eigenvalue weighted by Crippen LogP contribution is -2.34. The van der Waals surface area contributed by atoms with Gasteiger partial charge >= 0.3 is 6.18 Å². The van der Waals surface area contributed by atoms with E-state index >= 15 is 0 Å². The molecule has 0 saturated carbocycles. The molecule has 0 spiro atoms. The average molecular weight is 451 g/mol. The van der Waals surface area contributed by atoms with Gasteiger partial charge in [0.25, 0.3) is 5.91 Å². The highest BCUT2D eigenvalue weighted by Crippen LogP contribution is 2.29. The molecule has 168 valence electrons. The third-order valence-corrected chi connectivity index (χ3v) is 5.24. The Morgan fingerprint density at radius 1 is 1.00 bits per heavy atom. The first-order valence-corrected chi connectivity index (χ1v) is 10.2. The molecule has 0 saturated heterocycles. The summed E-state index contributed by atoms with van der Waals surface area (Å²) in [5.41, 5.74) is 1.61. The van der Waals surface area contributed by atoms with Crippen LogP contribution in [0.25, 0.3) is 10.9 Å². The van der Waals surface area contributed by atoms with E-state index in [2.05, 4.69) is 19.9 Å². The van der Waals surface area contributed by atoms with E-state index in [0.29, 0.717) is 17.1 Å². The standard InChI is InChI=1S/C24H20F3N5O/c1-15-10-18-11-17(4-7-21(18)31-12-15)23(33)32(16(2)22-28-8-3-9-29-22)14-20-6-5-19(13-30-20)24(25,26)27/h3-13,16H,14H2,1-2H3/t16-/m1/s1. The summed E-state index contributed by atoms with van der Waals surface area (Å²) in [4.78, 5) is 31.8. The summed E-state index contributed by atoms with van der Waals surface area (Å²) in [5.74, 6) is 0.0936. The maximum absolute atomic E-state index is 13.6. The Balaban J connectivity index is 1.70. The van der Waals surface area contributed by atoms with Crippen molar-refractivity contribution in [2.75, 3.05) is 0 Å². The van der Waals surface area contributed by atoms with E-state index in [0.717, 1.165) is 28.7 Å². The van der Waals surface area contributed by atoms with Gasteiger partial charge in [-0.15, -0.1) is 0 Å². The van der Waals surface area contributed by atoms with Crippen molar-refractivity contribution in [1.29, 1.82) is 0 Å². The second-order valence-electron chi connectivity index (χ2n) is 7.67. The number of rotatable bonds is 5. The molecular weight excluding hydrogens is 431 g/mol. The number of hydrogen-bond acceptors (Lipinski definition) is 5. The molecule has 9 heteroatoms. The smallest absolute Gasteiger partial charge is 0.323 e. The van der Waals surface area contributed by atoms with E-state index in [-0.39, 0.29) is 12.5 Å². The van der Waals surface area contributed by atoms with Gasteiger partial charge in [0.2, 0.25) is 0 Å². The zero-order chi connectivity index (χ0) is 23.6. The molecule has 0 radical (unpaired) electrons. The van der Waals surface area contributed by atoms with E-state index < -0.39 is 17.8 Å². The van der Waals surface area contributed by atoms with Crippen LogP contribution in [0.3, 0.4) is 0 Å². The lowest BCUT2D eigenvalue weighted by molar-refractivity contribution is -0.137. The Morgan fingerprint density at radius 2 is 1.76 bits per heavy atom. The van der Waals surface area contributed by atoms with Crippen LogP contribution in [0, 0.1) is 6.92 Å².